The molecule has 0 bridgehead atoms. The molecule has 3 heterocycles. The summed E-state index contributed by atoms with van der Waals surface area (Å²) in [5.74, 6) is 0.866. The molecule has 1 amide bonds. The smallest absolute Gasteiger partial charge is 0.272 e. The zero-order chi connectivity index (χ0) is 19.5. The van der Waals surface area contributed by atoms with Crippen LogP contribution in [0.2, 0.25) is 0 Å². The van der Waals surface area contributed by atoms with Gasteiger partial charge in [-0.05, 0) is 24.1 Å². The molecule has 3 aromatic heterocycles. The molecule has 1 atom stereocenters. The van der Waals surface area contributed by atoms with E-state index in [0.717, 1.165) is 17.8 Å². The van der Waals surface area contributed by atoms with Crippen molar-refractivity contribution in [1.82, 2.24) is 29.5 Å². The zero-order valence-corrected chi connectivity index (χ0v) is 15.9. The van der Waals surface area contributed by atoms with Gasteiger partial charge in [-0.1, -0.05) is 38.5 Å². The SMILES string of the molecule is CCC(C)CNC(=O)c1nc(-c2ccnn2-c2ccccc2)n2ccncc12. The standard InChI is InChI=1S/C21H22N6O/c1-3-15(2)13-23-21(28)19-18-14-22-11-12-26(18)20(25-19)17-9-10-24-27(17)16-7-5-4-6-8-16/h4-12,14-15H,3,13H2,1-2H3,(H,23,28). The third-order valence-electron chi connectivity index (χ3n) is 4.84. The summed E-state index contributed by atoms with van der Waals surface area (Å²) in [5, 5.41) is 7.42. The first-order valence-electron chi connectivity index (χ1n) is 9.39. The Kier molecular flexibility index (Phi) is 4.89. The first-order chi connectivity index (χ1) is 13.7. The van der Waals surface area contributed by atoms with Crippen molar-refractivity contribution in [3.8, 4) is 17.2 Å². The van der Waals surface area contributed by atoms with Crippen LogP contribution in [-0.2, 0) is 0 Å². The molecule has 7 heteroatoms. The predicted molar refractivity (Wildman–Crippen MR) is 107 cm³/mol. The highest BCUT2D eigenvalue weighted by Gasteiger charge is 2.21. The fourth-order valence-corrected chi connectivity index (χ4v) is 3.03. The summed E-state index contributed by atoms with van der Waals surface area (Å²) >= 11 is 0. The van der Waals surface area contributed by atoms with Gasteiger partial charge in [0.05, 0.1) is 23.6 Å². The zero-order valence-electron chi connectivity index (χ0n) is 15.9. The van der Waals surface area contributed by atoms with Crippen molar-refractivity contribution in [2.24, 2.45) is 5.92 Å². The van der Waals surface area contributed by atoms with Crippen LogP contribution in [0.15, 0.2) is 61.2 Å². The largest absolute Gasteiger partial charge is 0.350 e. The van der Waals surface area contributed by atoms with Gasteiger partial charge >= 0.3 is 0 Å². The van der Waals surface area contributed by atoms with Crippen molar-refractivity contribution >= 4 is 11.4 Å². The Labute approximate surface area is 163 Å². The van der Waals surface area contributed by atoms with Gasteiger partial charge in [0.25, 0.3) is 5.91 Å². The minimum absolute atomic E-state index is 0.192. The number of nitrogens with zero attached hydrogens (tertiary/aromatic N) is 5. The first kappa shape index (κ1) is 17.9. The highest BCUT2D eigenvalue weighted by Crippen LogP contribution is 2.24. The predicted octanol–water partition coefficient (Wildman–Crippen LogP) is 3.36. The van der Waals surface area contributed by atoms with E-state index in [4.69, 9.17) is 0 Å². The second-order valence-electron chi connectivity index (χ2n) is 6.80. The number of para-hydroxylation sites is 1. The summed E-state index contributed by atoms with van der Waals surface area (Å²) in [7, 11) is 0. The molecule has 142 valence electrons. The Morgan fingerprint density at radius 2 is 2.00 bits per heavy atom. The summed E-state index contributed by atoms with van der Waals surface area (Å²) < 4.78 is 3.69. The minimum atomic E-state index is -0.192. The molecule has 1 unspecified atom stereocenters. The van der Waals surface area contributed by atoms with E-state index in [1.807, 2.05) is 51.7 Å². The number of hydrogen-bond acceptors (Lipinski definition) is 4. The van der Waals surface area contributed by atoms with Gasteiger partial charge in [-0.2, -0.15) is 5.10 Å². The Hall–Kier alpha value is -3.48. The van der Waals surface area contributed by atoms with Crippen molar-refractivity contribution < 1.29 is 4.79 Å². The van der Waals surface area contributed by atoms with Crippen molar-refractivity contribution in [2.45, 2.75) is 20.3 Å². The van der Waals surface area contributed by atoms with Crippen molar-refractivity contribution in [3.05, 3.63) is 66.9 Å². The van der Waals surface area contributed by atoms with E-state index >= 15 is 0 Å². The molecule has 0 fully saturated rings. The minimum Gasteiger partial charge on any atom is -0.350 e. The Balaban J connectivity index is 1.78. The van der Waals surface area contributed by atoms with Crippen LogP contribution in [0, 0.1) is 5.92 Å². The lowest BCUT2D eigenvalue weighted by Crippen LogP contribution is -2.28. The maximum absolute atomic E-state index is 12.8. The van der Waals surface area contributed by atoms with Gasteiger partial charge in [0.1, 0.15) is 5.69 Å². The monoisotopic (exact) mass is 374 g/mol. The summed E-state index contributed by atoms with van der Waals surface area (Å²) in [6.45, 7) is 4.83. The fraction of sp³-hybridized carbons (Fsp3) is 0.238. The van der Waals surface area contributed by atoms with E-state index < -0.39 is 0 Å². The summed E-state index contributed by atoms with van der Waals surface area (Å²) in [5.41, 5.74) is 2.76. The lowest BCUT2D eigenvalue weighted by atomic mass is 10.1. The van der Waals surface area contributed by atoms with E-state index in [9.17, 15) is 4.79 Å². The number of carbonyl (C=O) groups excluding carboxylic acids is 1. The quantitative estimate of drug-likeness (QED) is 0.561. The highest BCUT2D eigenvalue weighted by atomic mass is 16.1. The topological polar surface area (TPSA) is 77.1 Å². The molecular formula is C21H22N6O. The van der Waals surface area contributed by atoms with Gasteiger partial charge in [-0.25, -0.2) is 9.67 Å². The molecule has 0 saturated heterocycles. The Morgan fingerprint density at radius 3 is 2.79 bits per heavy atom. The molecule has 0 saturated carbocycles. The van der Waals surface area contributed by atoms with Gasteiger partial charge < -0.3 is 5.32 Å². The number of hydrogen-bond donors (Lipinski definition) is 1. The third-order valence-corrected chi connectivity index (χ3v) is 4.84. The number of imidazole rings is 1. The van der Waals surface area contributed by atoms with Crippen LogP contribution < -0.4 is 5.32 Å². The molecule has 4 aromatic rings. The lowest BCUT2D eigenvalue weighted by Gasteiger charge is -2.08. The van der Waals surface area contributed by atoms with Crippen LogP contribution in [0.5, 0.6) is 0 Å². The van der Waals surface area contributed by atoms with Crippen LogP contribution in [0.1, 0.15) is 30.8 Å². The first-order valence-corrected chi connectivity index (χ1v) is 9.39. The van der Waals surface area contributed by atoms with Gasteiger partial charge in [-0.15, -0.1) is 0 Å². The maximum atomic E-state index is 12.8. The van der Waals surface area contributed by atoms with Crippen LogP contribution in [0.3, 0.4) is 0 Å². The fourth-order valence-electron chi connectivity index (χ4n) is 3.03. The van der Waals surface area contributed by atoms with Gasteiger partial charge in [0.15, 0.2) is 11.5 Å². The van der Waals surface area contributed by atoms with Crippen LogP contribution in [-0.4, -0.2) is 36.6 Å². The summed E-state index contributed by atoms with van der Waals surface area (Å²) in [4.78, 5) is 21.6. The van der Waals surface area contributed by atoms with E-state index in [1.165, 1.54) is 0 Å². The molecular weight excluding hydrogens is 352 g/mol. The molecule has 4 rings (SSSR count). The molecule has 0 aliphatic carbocycles. The summed E-state index contributed by atoms with van der Waals surface area (Å²) in [6.07, 6.45) is 7.89. The Morgan fingerprint density at radius 1 is 1.18 bits per heavy atom. The van der Waals surface area contributed by atoms with E-state index in [0.29, 0.717) is 29.5 Å². The van der Waals surface area contributed by atoms with Crippen molar-refractivity contribution in [2.75, 3.05) is 6.54 Å². The van der Waals surface area contributed by atoms with Gasteiger partial charge in [-0.3, -0.25) is 14.2 Å². The normalized spacial score (nSPS) is 12.2. The van der Waals surface area contributed by atoms with Gasteiger partial charge in [0.2, 0.25) is 0 Å². The second-order valence-corrected chi connectivity index (χ2v) is 6.80. The molecule has 0 aliphatic rings. The number of rotatable bonds is 6. The number of fused-ring (bicyclic) bond motifs is 1. The molecule has 28 heavy (non-hydrogen) atoms. The van der Waals surface area contributed by atoms with E-state index in [-0.39, 0.29) is 5.91 Å². The van der Waals surface area contributed by atoms with Crippen molar-refractivity contribution in [1.29, 1.82) is 0 Å². The van der Waals surface area contributed by atoms with E-state index in [2.05, 4.69) is 34.2 Å². The molecule has 1 N–H and O–H groups in total. The van der Waals surface area contributed by atoms with Crippen LogP contribution >= 0.6 is 0 Å². The molecule has 0 spiro atoms. The molecule has 0 radical (unpaired) electrons. The van der Waals surface area contributed by atoms with Crippen LogP contribution in [0.25, 0.3) is 22.7 Å². The second kappa shape index (κ2) is 7.64. The van der Waals surface area contributed by atoms with Crippen molar-refractivity contribution in [3.63, 3.8) is 0 Å². The molecule has 0 aliphatic heterocycles. The number of nitrogens with one attached hydrogen (secondary N) is 1. The molecule has 7 nitrogen and oxygen atoms in total. The maximum Gasteiger partial charge on any atom is 0.272 e. The average molecular weight is 374 g/mol. The number of aromatic nitrogens is 5. The highest BCUT2D eigenvalue weighted by molar-refractivity contribution is 5.99. The van der Waals surface area contributed by atoms with E-state index in [1.54, 1.807) is 18.6 Å². The number of amides is 1. The number of benzene rings is 1. The van der Waals surface area contributed by atoms with Gasteiger partial charge in [0, 0.05) is 18.9 Å². The summed E-state index contributed by atoms with van der Waals surface area (Å²) in [6, 6.07) is 11.7. The molecule has 1 aromatic carbocycles. The third kappa shape index (κ3) is 3.26. The Bertz CT molecular complexity index is 1100. The average Bonchev–Trinajstić information content (AvgIpc) is 3.37. The number of carbonyl (C=O) groups is 1. The lowest BCUT2D eigenvalue weighted by molar-refractivity contribution is 0.0945. The van der Waals surface area contributed by atoms with Crippen LogP contribution in [0.4, 0.5) is 0 Å².